The largest absolute Gasteiger partial charge is 0.367 e. The first-order chi connectivity index (χ1) is 10.3. The number of nitrogens with zero attached hydrogens (tertiary/aromatic N) is 3. The first kappa shape index (κ1) is 13.6. The lowest BCUT2D eigenvalue weighted by Crippen LogP contribution is -2.43. The van der Waals surface area contributed by atoms with Crippen LogP contribution in [0.25, 0.3) is 0 Å². The Balaban J connectivity index is 1.62. The van der Waals surface area contributed by atoms with E-state index in [-0.39, 0.29) is 6.10 Å². The summed E-state index contributed by atoms with van der Waals surface area (Å²) >= 11 is 0. The second kappa shape index (κ2) is 5.63. The van der Waals surface area contributed by atoms with Gasteiger partial charge in [0.1, 0.15) is 6.10 Å². The maximum absolute atomic E-state index is 6.08. The highest BCUT2D eigenvalue weighted by molar-refractivity contribution is 5.29. The third-order valence-electron chi connectivity index (χ3n) is 5.05. The standard InChI is InChI=1S/C16H24N4O/c1-2-13-12-5-6-17-8-14(12)19-16(18-13)15-9-20-7-3-4-11(20)10-21-15/h11,15,17H,2-10H2,1H3. The minimum absolute atomic E-state index is 0.0527. The van der Waals surface area contributed by atoms with Crippen molar-refractivity contribution in [3.8, 4) is 0 Å². The topological polar surface area (TPSA) is 50.3 Å². The van der Waals surface area contributed by atoms with Crippen LogP contribution in [0.2, 0.25) is 0 Å². The summed E-state index contributed by atoms with van der Waals surface area (Å²) in [6.45, 7) is 7.10. The first-order valence-corrected chi connectivity index (χ1v) is 8.30. The van der Waals surface area contributed by atoms with Crippen LogP contribution in [0.4, 0.5) is 0 Å². The van der Waals surface area contributed by atoms with Gasteiger partial charge >= 0.3 is 0 Å². The van der Waals surface area contributed by atoms with Gasteiger partial charge in [0.2, 0.25) is 0 Å². The number of hydrogen-bond acceptors (Lipinski definition) is 5. The molecule has 0 spiro atoms. The Bertz CT molecular complexity index is 516. The van der Waals surface area contributed by atoms with Crippen molar-refractivity contribution in [2.45, 2.75) is 51.3 Å². The van der Waals surface area contributed by atoms with Crippen LogP contribution in [-0.4, -0.2) is 47.2 Å². The van der Waals surface area contributed by atoms with Crippen molar-refractivity contribution in [2.24, 2.45) is 0 Å². The maximum Gasteiger partial charge on any atom is 0.158 e. The van der Waals surface area contributed by atoms with Gasteiger partial charge in [0.05, 0.1) is 12.3 Å². The lowest BCUT2D eigenvalue weighted by atomic mass is 10.0. The molecular formula is C16H24N4O. The van der Waals surface area contributed by atoms with E-state index in [1.54, 1.807) is 0 Å². The molecule has 0 amide bonds. The highest BCUT2D eigenvalue weighted by Crippen LogP contribution is 2.29. The number of fused-ring (bicyclic) bond motifs is 2. The van der Waals surface area contributed by atoms with Crippen LogP contribution < -0.4 is 5.32 Å². The van der Waals surface area contributed by atoms with Crippen LogP contribution in [0.5, 0.6) is 0 Å². The molecule has 5 nitrogen and oxygen atoms in total. The summed E-state index contributed by atoms with van der Waals surface area (Å²) in [4.78, 5) is 12.2. The van der Waals surface area contributed by atoms with Gasteiger partial charge in [-0.25, -0.2) is 9.97 Å². The zero-order chi connectivity index (χ0) is 14.2. The minimum Gasteiger partial charge on any atom is -0.367 e. The van der Waals surface area contributed by atoms with Crippen LogP contribution in [-0.2, 0) is 24.1 Å². The van der Waals surface area contributed by atoms with Crippen molar-refractivity contribution in [1.29, 1.82) is 0 Å². The number of aromatic nitrogens is 2. The zero-order valence-corrected chi connectivity index (χ0v) is 12.8. The molecule has 2 unspecified atom stereocenters. The van der Waals surface area contributed by atoms with E-state index in [2.05, 4.69) is 17.1 Å². The molecule has 0 bridgehead atoms. The molecule has 114 valence electrons. The predicted octanol–water partition coefficient (Wildman–Crippen LogP) is 1.22. The fourth-order valence-electron chi connectivity index (χ4n) is 3.87. The van der Waals surface area contributed by atoms with E-state index in [4.69, 9.17) is 14.7 Å². The van der Waals surface area contributed by atoms with E-state index in [9.17, 15) is 0 Å². The normalized spacial score (nSPS) is 29.2. The molecule has 0 saturated carbocycles. The van der Waals surface area contributed by atoms with Gasteiger partial charge in [-0.15, -0.1) is 0 Å². The van der Waals surface area contributed by atoms with E-state index in [0.29, 0.717) is 6.04 Å². The Labute approximate surface area is 126 Å². The van der Waals surface area contributed by atoms with Gasteiger partial charge < -0.3 is 10.1 Å². The summed E-state index contributed by atoms with van der Waals surface area (Å²) < 4.78 is 6.08. The number of ether oxygens (including phenoxy) is 1. The Morgan fingerprint density at radius 3 is 3.24 bits per heavy atom. The molecule has 1 aromatic heterocycles. The SMILES string of the molecule is CCc1nc(C2CN3CCCC3CO2)nc2c1CCNC2. The number of nitrogens with one attached hydrogen (secondary N) is 1. The van der Waals surface area contributed by atoms with Crippen LogP contribution in [0, 0.1) is 0 Å². The van der Waals surface area contributed by atoms with Crippen molar-refractivity contribution in [2.75, 3.05) is 26.2 Å². The Kier molecular flexibility index (Phi) is 3.65. The second-order valence-corrected chi connectivity index (χ2v) is 6.35. The first-order valence-electron chi connectivity index (χ1n) is 8.30. The average molecular weight is 288 g/mol. The number of aryl methyl sites for hydroxylation is 1. The number of hydrogen-bond donors (Lipinski definition) is 1. The highest BCUT2D eigenvalue weighted by atomic mass is 16.5. The molecule has 2 atom stereocenters. The fourth-order valence-corrected chi connectivity index (χ4v) is 3.87. The highest BCUT2D eigenvalue weighted by Gasteiger charge is 2.34. The zero-order valence-electron chi connectivity index (χ0n) is 12.8. The molecule has 0 aliphatic carbocycles. The van der Waals surface area contributed by atoms with Gasteiger partial charge in [0.15, 0.2) is 5.82 Å². The summed E-state index contributed by atoms with van der Waals surface area (Å²) in [6, 6.07) is 0.631. The molecule has 4 rings (SSSR count). The van der Waals surface area contributed by atoms with Crippen LogP contribution in [0.15, 0.2) is 0 Å². The Morgan fingerprint density at radius 1 is 1.38 bits per heavy atom. The quantitative estimate of drug-likeness (QED) is 0.887. The summed E-state index contributed by atoms with van der Waals surface area (Å²) in [5.41, 5.74) is 3.79. The molecule has 0 aromatic carbocycles. The van der Waals surface area contributed by atoms with Crippen LogP contribution in [0.1, 0.15) is 48.6 Å². The Morgan fingerprint density at radius 2 is 2.33 bits per heavy atom. The van der Waals surface area contributed by atoms with Crippen molar-refractivity contribution < 1.29 is 4.74 Å². The number of morpholine rings is 1. The van der Waals surface area contributed by atoms with E-state index in [1.165, 1.54) is 36.3 Å². The van der Waals surface area contributed by atoms with Crippen molar-refractivity contribution >= 4 is 0 Å². The summed E-state index contributed by atoms with van der Waals surface area (Å²) in [5, 5.41) is 3.42. The molecule has 0 radical (unpaired) electrons. The molecule has 1 N–H and O–H groups in total. The molecule has 5 heteroatoms. The van der Waals surface area contributed by atoms with Gasteiger partial charge in [0.25, 0.3) is 0 Å². The van der Waals surface area contributed by atoms with Gasteiger partial charge in [-0.3, -0.25) is 4.90 Å². The van der Waals surface area contributed by atoms with E-state index >= 15 is 0 Å². The van der Waals surface area contributed by atoms with Crippen LogP contribution in [0.3, 0.4) is 0 Å². The summed E-state index contributed by atoms with van der Waals surface area (Å²) in [6.07, 6.45) is 4.67. The molecule has 21 heavy (non-hydrogen) atoms. The molecular weight excluding hydrogens is 264 g/mol. The van der Waals surface area contributed by atoms with Gasteiger partial charge in [-0.1, -0.05) is 6.92 Å². The van der Waals surface area contributed by atoms with Gasteiger partial charge in [0, 0.05) is 24.8 Å². The summed E-state index contributed by atoms with van der Waals surface area (Å²) in [5.74, 6) is 0.902. The molecule has 3 aliphatic heterocycles. The van der Waals surface area contributed by atoms with E-state index in [1.807, 2.05) is 0 Å². The van der Waals surface area contributed by atoms with E-state index in [0.717, 1.165) is 44.9 Å². The molecule has 2 fully saturated rings. The third-order valence-corrected chi connectivity index (χ3v) is 5.05. The molecule has 2 saturated heterocycles. The van der Waals surface area contributed by atoms with Gasteiger partial charge in [-0.2, -0.15) is 0 Å². The minimum atomic E-state index is 0.0527. The maximum atomic E-state index is 6.08. The van der Waals surface area contributed by atoms with E-state index < -0.39 is 0 Å². The van der Waals surface area contributed by atoms with Crippen molar-refractivity contribution in [3.05, 3.63) is 22.8 Å². The monoisotopic (exact) mass is 288 g/mol. The molecule has 1 aromatic rings. The second-order valence-electron chi connectivity index (χ2n) is 6.35. The third kappa shape index (κ3) is 2.47. The van der Waals surface area contributed by atoms with Crippen LogP contribution >= 0.6 is 0 Å². The predicted molar refractivity (Wildman–Crippen MR) is 80.1 cm³/mol. The Hall–Kier alpha value is -1.04. The lowest BCUT2D eigenvalue weighted by Gasteiger charge is -2.35. The fraction of sp³-hybridized carbons (Fsp3) is 0.750. The molecule has 3 aliphatic rings. The average Bonchev–Trinajstić information content (AvgIpc) is 3.01. The molecule has 4 heterocycles. The number of rotatable bonds is 2. The smallest absolute Gasteiger partial charge is 0.158 e. The summed E-state index contributed by atoms with van der Waals surface area (Å²) in [7, 11) is 0. The van der Waals surface area contributed by atoms with Crippen molar-refractivity contribution in [1.82, 2.24) is 20.2 Å². The van der Waals surface area contributed by atoms with Gasteiger partial charge in [-0.05, 0) is 44.3 Å². The lowest BCUT2D eigenvalue weighted by molar-refractivity contribution is -0.0543. The van der Waals surface area contributed by atoms with Crippen molar-refractivity contribution in [3.63, 3.8) is 0 Å².